The molecule has 1 aromatic heterocycles. The maximum atomic E-state index is 12.6. The normalized spacial score (nSPS) is 12.2. The molecule has 0 aliphatic carbocycles. The van der Waals surface area contributed by atoms with Crippen LogP contribution in [0.5, 0.6) is 0 Å². The van der Waals surface area contributed by atoms with E-state index >= 15 is 0 Å². The van der Waals surface area contributed by atoms with Crippen LogP contribution in [0.3, 0.4) is 0 Å². The molecule has 0 bridgehead atoms. The second kappa shape index (κ2) is 6.73. The van der Waals surface area contributed by atoms with Crippen molar-refractivity contribution in [1.82, 2.24) is 4.98 Å². The lowest BCUT2D eigenvalue weighted by Gasteiger charge is -2.10. The molecule has 1 heterocycles. The Balaban J connectivity index is 1.87. The number of alkyl halides is 3. The molecule has 0 saturated carbocycles. The predicted octanol–water partition coefficient (Wildman–Crippen LogP) is 4.78. The highest BCUT2D eigenvalue weighted by Crippen LogP contribution is 2.30. The van der Waals surface area contributed by atoms with Crippen LogP contribution in [0.15, 0.2) is 57.8 Å². The Kier molecular flexibility index (Phi) is 4.73. The molecule has 3 rings (SSSR count). The first-order valence-electron chi connectivity index (χ1n) is 7.81. The van der Waals surface area contributed by atoms with Crippen molar-refractivity contribution in [3.8, 4) is 11.5 Å². The molecule has 0 fully saturated rings. The number of benzene rings is 2. The first-order valence-corrected chi connectivity index (χ1v) is 9.29. The molecule has 0 aliphatic rings. The van der Waals surface area contributed by atoms with Gasteiger partial charge >= 0.3 is 6.18 Å². The first-order chi connectivity index (χ1) is 12.6. The minimum atomic E-state index is -4.53. The first kappa shape index (κ1) is 19.0. The summed E-state index contributed by atoms with van der Waals surface area (Å²) in [5.74, 6) is 1.00. The van der Waals surface area contributed by atoms with Gasteiger partial charge in [0, 0.05) is 11.3 Å². The van der Waals surface area contributed by atoms with Crippen molar-refractivity contribution in [2.45, 2.75) is 24.9 Å². The third-order valence-electron chi connectivity index (χ3n) is 3.88. The van der Waals surface area contributed by atoms with Crippen molar-refractivity contribution >= 4 is 15.7 Å². The minimum absolute atomic E-state index is 0.237. The van der Waals surface area contributed by atoms with Gasteiger partial charge in [-0.15, -0.1) is 0 Å². The summed E-state index contributed by atoms with van der Waals surface area (Å²) >= 11 is 0. The number of sulfonamides is 1. The number of hydrogen-bond acceptors (Lipinski definition) is 4. The number of halogens is 3. The average Bonchev–Trinajstić information content (AvgIpc) is 2.93. The van der Waals surface area contributed by atoms with Crippen molar-refractivity contribution in [3.05, 3.63) is 65.5 Å². The maximum Gasteiger partial charge on any atom is 0.416 e. The highest BCUT2D eigenvalue weighted by Gasteiger charge is 2.30. The highest BCUT2D eigenvalue weighted by atomic mass is 32.2. The third-order valence-corrected chi connectivity index (χ3v) is 5.28. The zero-order valence-electron chi connectivity index (χ0n) is 14.3. The zero-order chi connectivity index (χ0) is 19.8. The Morgan fingerprint density at radius 3 is 2.26 bits per heavy atom. The molecular weight excluding hydrogens is 381 g/mol. The van der Waals surface area contributed by atoms with Crippen LogP contribution in [-0.4, -0.2) is 13.4 Å². The number of oxazole rings is 1. The van der Waals surface area contributed by atoms with Gasteiger partial charge < -0.3 is 4.42 Å². The lowest BCUT2D eigenvalue weighted by molar-refractivity contribution is -0.137. The van der Waals surface area contributed by atoms with Gasteiger partial charge in [0.05, 0.1) is 16.2 Å². The smallest absolute Gasteiger partial charge is 0.416 e. The van der Waals surface area contributed by atoms with Crippen LogP contribution in [-0.2, 0) is 16.2 Å². The van der Waals surface area contributed by atoms with E-state index in [0.29, 0.717) is 17.2 Å². The summed E-state index contributed by atoms with van der Waals surface area (Å²) in [4.78, 5) is 3.98. The molecule has 0 saturated heterocycles. The van der Waals surface area contributed by atoms with Crippen LogP contribution in [0.2, 0.25) is 0 Å². The fourth-order valence-electron chi connectivity index (χ4n) is 2.35. The van der Waals surface area contributed by atoms with E-state index in [1.54, 1.807) is 26.0 Å². The molecule has 0 unspecified atom stereocenters. The van der Waals surface area contributed by atoms with E-state index in [1.165, 1.54) is 12.1 Å². The number of aromatic nitrogens is 1. The fraction of sp³-hybridized carbons (Fsp3) is 0.167. The number of anilines is 1. The molecule has 27 heavy (non-hydrogen) atoms. The molecule has 5 nitrogen and oxygen atoms in total. The molecule has 0 atom stereocenters. The highest BCUT2D eigenvalue weighted by molar-refractivity contribution is 7.92. The standard InChI is InChI=1S/C18H15F3N2O3S/c1-11-12(2)26-17(22-11)13-4-3-5-15(10-13)23-27(24,25)16-8-6-14(7-9-16)18(19,20)21/h3-10,23H,1-2H3. The summed E-state index contributed by atoms with van der Waals surface area (Å²) < 4.78 is 70.6. The Hall–Kier alpha value is -2.81. The summed E-state index contributed by atoms with van der Waals surface area (Å²) in [6, 6.07) is 9.66. The Labute approximate surface area is 153 Å². The molecule has 1 N–H and O–H groups in total. The van der Waals surface area contributed by atoms with E-state index in [-0.39, 0.29) is 10.6 Å². The van der Waals surface area contributed by atoms with Gasteiger partial charge in [-0.3, -0.25) is 4.72 Å². The molecule has 0 aliphatic heterocycles. The van der Waals surface area contributed by atoms with E-state index in [4.69, 9.17) is 4.42 Å². The Morgan fingerprint density at radius 1 is 1.04 bits per heavy atom. The van der Waals surface area contributed by atoms with Gasteiger partial charge in [-0.2, -0.15) is 13.2 Å². The lowest BCUT2D eigenvalue weighted by atomic mass is 10.2. The SMILES string of the molecule is Cc1nc(-c2cccc(NS(=O)(=O)c3ccc(C(F)(F)F)cc3)c2)oc1C. The number of rotatable bonds is 4. The van der Waals surface area contributed by atoms with Crippen molar-refractivity contribution in [3.63, 3.8) is 0 Å². The Bertz CT molecular complexity index is 1050. The quantitative estimate of drug-likeness (QED) is 0.689. The molecular formula is C18H15F3N2O3S. The fourth-order valence-corrected chi connectivity index (χ4v) is 3.40. The molecule has 0 spiro atoms. The van der Waals surface area contributed by atoms with Crippen molar-refractivity contribution in [2.75, 3.05) is 4.72 Å². The largest absolute Gasteiger partial charge is 0.441 e. The summed E-state index contributed by atoms with van der Waals surface area (Å²) in [6.45, 7) is 3.56. The van der Waals surface area contributed by atoms with Gasteiger partial charge in [-0.1, -0.05) is 6.07 Å². The third kappa shape index (κ3) is 4.13. The molecule has 2 aromatic carbocycles. The van der Waals surface area contributed by atoms with E-state index in [2.05, 4.69) is 9.71 Å². The second-order valence-corrected chi connectivity index (χ2v) is 7.55. The molecule has 0 radical (unpaired) electrons. The van der Waals surface area contributed by atoms with Gasteiger partial charge in [0.25, 0.3) is 10.0 Å². The minimum Gasteiger partial charge on any atom is -0.441 e. The van der Waals surface area contributed by atoms with Gasteiger partial charge in [0.2, 0.25) is 5.89 Å². The number of hydrogen-bond donors (Lipinski definition) is 1. The van der Waals surface area contributed by atoms with Crippen molar-refractivity contribution < 1.29 is 26.0 Å². The van der Waals surface area contributed by atoms with E-state index in [1.807, 2.05) is 0 Å². The van der Waals surface area contributed by atoms with E-state index < -0.39 is 21.8 Å². The number of nitrogens with zero attached hydrogens (tertiary/aromatic N) is 1. The second-order valence-electron chi connectivity index (χ2n) is 5.87. The van der Waals surface area contributed by atoms with Gasteiger partial charge in [0.15, 0.2) is 0 Å². The average molecular weight is 396 g/mol. The van der Waals surface area contributed by atoms with Crippen LogP contribution >= 0.6 is 0 Å². The number of nitrogens with one attached hydrogen (secondary N) is 1. The van der Waals surface area contributed by atoms with Gasteiger partial charge in [-0.25, -0.2) is 13.4 Å². The van der Waals surface area contributed by atoms with Crippen molar-refractivity contribution in [2.24, 2.45) is 0 Å². The molecule has 9 heteroatoms. The predicted molar refractivity (Wildman–Crippen MR) is 93.7 cm³/mol. The van der Waals surface area contributed by atoms with Crippen LogP contribution < -0.4 is 4.72 Å². The molecule has 3 aromatic rings. The topological polar surface area (TPSA) is 72.2 Å². The summed E-state index contributed by atoms with van der Waals surface area (Å²) in [7, 11) is -4.05. The van der Waals surface area contributed by atoms with Crippen LogP contribution in [0.1, 0.15) is 17.0 Å². The lowest BCUT2D eigenvalue weighted by Crippen LogP contribution is -2.13. The molecule has 0 amide bonds. The maximum absolute atomic E-state index is 12.6. The molecule has 142 valence electrons. The summed E-state index contributed by atoms with van der Waals surface area (Å²) in [6.07, 6.45) is -4.53. The monoisotopic (exact) mass is 396 g/mol. The Morgan fingerprint density at radius 2 is 1.70 bits per heavy atom. The number of aryl methyl sites for hydroxylation is 2. The van der Waals surface area contributed by atoms with Crippen LogP contribution in [0.4, 0.5) is 18.9 Å². The van der Waals surface area contributed by atoms with E-state index in [0.717, 1.165) is 30.0 Å². The summed E-state index contributed by atoms with van der Waals surface area (Å²) in [5.41, 5.74) is 0.610. The van der Waals surface area contributed by atoms with Crippen LogP contribution in [0.25, 0.3) is 11.5 Å². The van der Waals surface area contributed by atoms with Gasteiger partial charge in [0.1, 0.15) is 5.76 Å². The van der Waals surface area contributed by atoms with E-state index in [9.17, 15) is 21.6 Å². The van der Waals surface area contributed by atoms with Crippen molar-refractivity contribution in [1.29, 1.82) is 0 Å². The summed E-state index contributed by atoms with van der Waals surface area (Å²) in [5, 5.41) is 0. The zero-order valence-corrected chi connectivity index (χ0v) is 15.1. The van der Waals surface area contributed by atoms with Gasteiger partial charge in [-0.05, 0) is 56.3 Å². The van der Waals surface area contributed by atoms with Crippen LogP contribution in [0, 0.1) is 13.8 Å².